The SMILES string of the molecule is CCC1(COC)COB(F)OC1=O. The fourth-order valence-corrected chi connectivity index (χ4v) is 1.25. The Morgan fingerprint density at radius 3 is 2.92 bits per heavy atom. The number of halogens is 1. The fourth-order valence-electron chi connectivity index (χ4n) is 1.25. The highest BCUT2D eigenvalue weighted by atomic mass is 19.1. The molecule has 1 heterocycles. The van der Waals surface area contributed by atoms with Gasteiger partial charge in [0, 0.05) is 7.11 Å². The molecule has 4 nitrogen and oxygen atoms in total. The molecule has 0 amide bonds. The van der Waals surface area contributed by atoms with Gasteiger partial charge in [0.15, 0.2) is 0 Å². The highest BCUT2D eigenvalue weighted by molar-refractivity contribution is 6.39. The number of hydrogen-bond acceptors (Lipinski definition) is 4. The van der Waals surface area contributed by atoms with Crippen LogP contribution in [0.4, 0.5) is 4.32 Å². The molecule has 0 saturated carbocycles. The molecule has 6 heteroatoms. The summed E-state index contributed by atoms with van der Waals surface area (Å²) in [6.07, 6.45) is 0.506. The number of carbonyl (C=O) groups excluding carboxylic acids is 1. The van der Waals surface area contributed by atoms with Gasteiger partial charge in [0.05, 0.1) is 13.2 Å². The van der Waals surface area contributed by atoms with Crippen LogP contribution in [0.15, 0.2) is 0 Å². The van der Waals surface area contributed by atoms with Gasteiger partial charge in [-0.3, -0.25) is 4.79 Å². The molecule has 0 bridgehead atoms. The third kappa shape index (κ3) is 2.00. The van der Waals surface area contributed by atoms with Gasteiger partial charge in [-0.15, -0.1) is 0 Å². The Hall–Kier alpha value is -0.615. The largest absolute Gasteiger partial charge is 0.756 e. The van der Waals surface area contributed by atoms with Gasteiger partial charge in [-0.25, -0.2) is 4.32 Å². The van der Waals surface area contributed by atoms with Crippen LogP contribution in [-0.4, -0.2) is 33.7 Å². The first kappa shape index (κ1) is 10.5. The van der Waals surface area contributed by atoms with Gasteiger partial charge in [0.25, 0.3) is 0 Å². The van der Waals surface area contributed by atoms with Crippen LogP contribution < -0.4 is 0 Å². The van der Waals surface area contributed by atoms with Crippen molar-refractivity contribution in [3.8, 4) is 0 Å². The maximum Gasteiger partial charge on any atom is 0.756 e. The molecule has 1 unspecified atom stereocenters. The summed E-state index contributed by atoms with van der Waals surface area (Å²) in [5.41, 5.74) is -0.836. The van der Waals surface area contributed by atoms with Crippen molar-refractivity contribution in [2.75, 3.05) is 20.3 Å². The quantitative estimate of drug-likeness (QED) is 0.609. The maximum absolute atomic E-state index is 12.4. The van der Waals surface area contributed by atoms with Crippen molar-refractivity contribution in [3.63, 3.8) is 0 Å². The smallest absolute Gasteiger partial charge is 0.481 e. The molecule has 0 aromatic carbocycles. The molecular formula is C7H12BFO4. The molecule has 1 aliphatic heterocycles. The Morgan fingerprint density at radius 1 is 1.77 bits per heavy atom. The van der Waals surface area contributed by atoms with Gasteiger partial charge in [-0.1, -0.05) is 6.92 Å². The summed E-state index contributed by atoms with van der Waals surface area (Å²) in [5, 5.41) is 0. The van der Waals surface area contributed by atoms with E-state index in [2.05, 4.69) is 9.31 Å². The summed E-state index contributed by atoms with van der Waals surface area (Å²) in [6, 6.07) is 0. The van der Waals surface area contributed by atoms with Gasteiger partial charge in [-0.2, -0.15) is 0 Å². The lowest BCUT2D eigenvalue weighted by atomic mass is 9.85. The molecule has 0 radical (unpaired) electrons. The topological polar surface area (TPSA) is 44.8 Å². The summed E-state index contributed by atoms with van der Waals surface area (Å²) in [4.78, 5) is 11.3. The number of methoxy groups -OCH3 is 1. The highest BCUT2D eigenvalue weighted by Crippen LogP contribution is 2.29. The van der Waals surface area contributed by atoms with E-state index >= 15 is 0 Å². The highest BCUT2D eigenvalue weighted by Gasteiger charge is 2.47. The molecule has 13 heavy (non-hydrogen) atoms. The summed E-state index contributed by atoms with van der Waals surface area (Å²) < 4.78 is 26.3. The van der Waals surface area contributed by atoms with Crippen molar-refractivity contribution in [3.05, 3.63) is 0 Å². The van der Waals surface area contributed by atoms with Crippen molar-refractivity contribution < 1.29 is 23.2 Å². The monoisotopic (exact) mass is 190 g/mol. The van der Waals surface area contributed by atoms with E-state index in [0.29, 0.717) is 6.42 Å². The standard InChI is InChI=1S/C7H12BFO4/c1-3-7(4-11-2)5-12-8(9)13-6(7)10/h3-5H2,1-2H3. The van der Waals surface area contributed by atoms with Gasteiger partial charge >= 0.3 is 13.4 Å². The van der Waals surface area contributed by atoms with Gasteiger partial charge in [0.1, 0.15) is 5.41 Å². The van der Waals surface area contributed by atoms with E-state index in [1.54, 1.807) is 0 Å². The van der Waals surface area contributed by atoms with Crippen molar-refractivity contribution in [1.29, 1.82) is 0 Å². The molecule has 1 aliphatic rings. The minimum absolute atomic E-state index is 0.0112. The van der Waals surface area contributed by atoms with Crippen molar-refractivity contribution in [2.45, 2.75) is 13.3 Å². The normalized spacial score (nSPS) is 28.8. The Balaban J connectivity index is 2.69. The second-order valence-electron chi connectivity index (χ2n) is 3.06. The second-order valence-corrected chi connectivity index (χ2v) is 3.06. The zero-order valence-electron chi connectivity index (χ0n) is 7.71. The van der Waals surface area contributed by atoms with Crippen LogP contribution in [0.25, 0.3) is 0 Å². The lowest BCUT2D eigenvalue weighted by Gasteiger charge is -2.33. The first-order valence-corrected chi connectivity index (χ1v) is 4.10. The number of rotatable bonds is 3. The van der Waals surface area contributed by atoms with Crippen LogP contribution >= 0.6 is 0 Å². The average Bonchev–Trinajstić information content (AvgIpc) is 2.11. The van der Waals surface area contributed by atoms with Crippen LogP contribution in [0.1, 0.15) is 13.3 Å². The predicted molar refractivity (Wildman–Crippen MR) is 43.5 cm³/mol. The molecule has 0 aliphatic carbocycles. The molecule has 1 fully saturated rings. The molecule has 1 atom stereocenters. The fraction of sp³-hybridized carbons (Fsp3) is 0.857. The minimum Gasteiger partial charge on any atom is -0.481 e. The van der Waals surface area contributed by atoms with Crippen molar-refractivity contribution in [1.82, 2.24) is 0 Å². The van der Waals surface area contributed by atoms with E-state index in [1.165, 1.54) is 7.11 Å². The molecule has 0 N–H and O–H groups in total. The summed E-state index contributed by atoms with van der Waals surface area (Å²) in [7, 11) is -0.448. The first-order chi connectivity index (χ1) is 6.14. The zero-order valence-corrected chi connectivity index (χ0v) is 7.71. The van der Waals surface area contributed by atoms with Crippen molar-refractivity contribution >= 4 is 13.4 Å². The van der Waals surface area contributed by atoms with Crippen LogP contribution in [0.2, 0.25) is 0 Å². The Kier molecular flexibility index (Phi) is 3.27. The Bertz CT molecular complexity index is 201. The summed E-state index contributed by atoms with van der Waals surface area (Å²) in [6.45, 7) is 2.01. The zero-order chi connectivity index (χ0) is 9.90. The average molecular weight is 190 g/mol. The molecule has 1 saturated heterocycles. The van der Waals surface area contributed by atoms with Gasteiger partial charge < -0.3 is 14.0 Å². The van der Waals surface area contributed by atoms with E-state index in [-0.39, 0.29) is 13.2 Å². The molecule has 74 valence electrons. The number of carbonyl (C=O) groups is 1. The third-order valence-electron chi connectivity index (χ3n) is 2.22. The third-order valence-corrected chi connectivity index (χ3v) is 2.22. The molecule has 1 rings (SSSR count). The van der Waals surface area contributed by atoms with Crippen LogP contribution in [0.5, 0.6) is 0 Å². The predicted octanol–water partition coefficient (Wildman–Crippen LogP) is 0.557. The van der Waals surface area contributed by atoms with Gasteiger partial charge in [-0.05, 0) is 6.42 Å². The first-order valence-electron chi connectivity index (χ1n) is 4.10. The van der Waals surface area contributed by atoms with Crippen LogP contribution in [0, 0.1) is 5.41 Å². The minimum atomic E-state index is -1.93. The molecule has 0 aromatic rings. The van der Waals surface area contributed by atoms with E-state index < -0.39 is 18.8 Å². The number of hydrogen-bond donors (Lipinski definition) is 0. The molecule has 0 spiro atoms. The van der Waals surface area contributed by atoms with E-state index in [4.69, 9.17) is 4.74 Å². The molecule has 0 aromatic heterocycles. The van der Waals surface area contributed by atoms with E-state index in [9.17, 15) is 9.11 Å². The van der Waals surface area contributed by atoms with E-state index in [0.717, 1.165) is 0 Å². The lowest BCUT2D eigenvalue weighted by molar-refractivity contribution is -0.162. The van der Waals surface area contributed by atoms with Crippen LogP contribution in [-0.2, 0) is 18.8 Å². The number of ether oxygens (including phenoxy) is 1. The van der Waals surface area contributed by atoms with E-state index in [1.807, 2.05) is 6.92 Å². The Labute approximate surface area is 76.5 Å². The molecular weight excluding hydrogens is 178 g/mol. The maximum atomic E-state index is 12.4. The van der Waals surface area contributed by atoms with Crippen molar-refractivity contribution in [2.24, 2.45) is 5.41 Å². The Morgan fingerprint density at radius 2 is 2.46 bits per heavy atom. The summed E-state index contributed by atoms with van der Waals surface area (Å²) in [5.74, 6) is -0.587. The lowest BCUT2D eigenvalue weighted by Crippen LogP contribution is -2.49. The summed E-state index contributed by atoms with van der Waals surface area (Å²) >= 11 is 0. The second kappa shape index (κ2) is 4.06. The van der Waals surface area contributed by atoms with Gasteiger partial charge in [0.2, 0.25) is 0 Å². The van der Waals surface area contributed by atoms with Crippen LogP contribution in [0.3, 0.4) is 0 Å².